The molecule has 0 bridgehead atoms. The molecule has 5 aromatic rings. The van der Waals surface area contributed by atoms with Crippen molar-refractivity contribution in [2.45, 2.75) is 20.0 Å². The van der Waals surface area contributed by atoms with Gasteiger partial charge in [0.15, 0.2) is 5.82 Å². The van der Waals surface area contributed by atoms with Gasteiger partial charge in [-0.3, -0.25) is 9.59 Å². The highest BCUT2D eigenvalue weighted by atomic mass is 19.4. The van der Waals surface area contributed by atoms with Crippen molar-refractivity contribution in [2.24, 2.45) is 7.05 Å². The standard InChI is InChI=1S/C30H23F4N5O2/c1-16-6-4-5-7-22(16)36-28-26(38-29(41)18-11-19(30(32,33)34)13-20(31)12-18)14-25-24(37-28)9-8-23(35-25)21-15-39(3)27(40)10-17(21)2/h4-15H,1-3H3,(H,36,37)(H,38,41). The van der Waals surface area contributed by atoms with E-state index in [-0.39, 0.29) is 17.1 Å². The van der Waals surface area contributed by atoms with Crippen molar-refractivity contribution in [1.29, 1.82) is 0 Å². The van der Waals surface area contributed by atoms with Gasteiger partial charge in [-0.05, 0) is 67.4 Å². The molecule has 0 radical (unpaired) electrons. The van der Waals surface area contributed by atoms with Crippen LogP contribution in [0, 0.1) is 19.7 Å². The molecule has 0 unspecified atom stereocenters. The Labute approximate surface area is 231 Å². The van der Waals surface area contributed by atoms with Crippen LogP contribution >= 0.6 is 0 Å². The molecule has 0 spiro atoms. The Morgan fingerprint density at radius 3 is 2.37 bits per heavy atom. The first-order chi connectivity index (χ1) is 19.4. The van der Waals surface area contributed by atoms with Gasteiger partial charge in [0.2, 0.25) is 0 Å². The first-order valence-electron chi connectivity index (χ1n) is 12.4. The van der Waals surface area contributed by atoms with E-state index in [2.05, 4.69) is 20.6 Å². The summed E-state index contributed by atoms with van der Waals surface area (Å²) in [6.45, 7) is 3.66. The maximum atomic E-state index is 14.0. The van der Waals surface area contributed by atoms with Crippen molar-refractivity contribution >= 4 is 34.1 Å². The lowest BCUT2D eigenvalue weighted by Gasteiger charge is -2.16. The average Bonchev–Trinajstić information content (AvgIpc) is 2.91. The fourth-order valence-corrected chi connectivity index (χ4v) is 4.31. The SMILES string of the molecule is Cc1ccccc1Nc1nc2ccc(-c3cn(C)c(=O)cc3C)nc2cc1NC(=O)c1cc(F)cc(C(F)(F)F)c1. The minimum Gasteiger partial charge on any atom is -0.338 e. The van der Waals surface area contributed by atoms with Crippen LogP contribution in [0.2, 0.25) is 0 Å². The van der Waals surface area contributed by atoms with Crippen LogP contribution in [0.5, 0.6) is 0 Å². The number of carbonyl (C=O) groups excluding carboxylic acids is 1. The van der Waals surface area contributed by atoms with E-state index in [1.54, 1.807) is 38.4 Å². The zero-order valence-electron chi connectivity index (χ0n) is 22.1. The van der Waals surface area contributed by atoms with Gasteiger partial charge < -0.3 is 15.2 Å². The lowest BCUT2D eigenvalue weighted by molar-refractivity contribution is -0.137. The molecule has 2 aromatic carbocycles. The number of anilines is 3. The third-order valence-corrected chi connectivity index (χ3v) is 6.52. The summed E-state index contributed by atoms with van der Waals surface area (Å²) in [6, 6.07) is 15.5. The third-order valence-electron chi connectivity index (χ3n) is 6.52. The molecule has 0 fully saturated rings. The van der Waals surface area contributed by atoms with Gasteiger partial charge in [0.05, 0.1) is 28.0 Å². The van der Waals surface area contributed by atoms with Crippen LogP contribution < -0.4 is 16.2 Å². The van der Waals surface area contributed by atoms with Crippen molar-refractivity contribution in [3.63, 3.8) is 0 Å². The maximum Gasteiger partial charge on any atom is 0.416 e. The minimum atomic E-state index is -4.83. The second-order valence-electron chi connectivity index (χ2n) is 9.56. The van der Waals surface area contributed by atoms with E-state index in [0.717, 1.165) is 11.6 Å². The molecule has 0 aliphatic carbocycles. The Balaban J connectivity index is 1.61. The second-order valence-corrected chi connectivity index (χ2v) is 9.56. The highest BCUT2D eigenvalue weighted by Crippen LogP contribution is 2.33. The van der Waals surface area contributed by atoms with Gasteiger partial charge in [-0.2, -0.15) is 13.2 Å². The van der Waals surface area contributed by atoms with Crippen molar-refractivity contribution in [3.8, 4) is 11.3 Å². The lowest BCUT2D eigenvalue weighted by atomic mass is 10.1. The molecular weight excluding hydrogens is 538 g/mol. The summed E-state index contributed by atoms with van der Waals surface area (Å²) in [6.07, 6.45) is -3.17. The number of carbonyl (C=O) groups is 1. The Morgan fingerprint density at radius 1 is 0.878 bits per heavy atom. The first-order valence-corrected chi connectivity index (χ1v) is 12.4. The molecule has 0 saturated carbocycles. The van der Waals surface area contributed by atoms with Crippen LogP contribution in [0.3, 0.4) is 0 Å². The molecule has 208 valence electrons. The molecule has 11 heteroatoms. The molecule has 41 heavy (non-hydrogen) atoms. The fourth-order valence-electron chi connectivity index (χ4n) is 4.31. The maximum absolute atomic E-state index is 14.0. The number of aryl methyl sites for hydroxylation is 3. The van der Waals surface area contributed by atoms with Crippen LogP contribution in [0.4, 0.5) is 34.8 Å². The van der Waals surface area contributed by atoms with Crippen LogP contribution in [0.25, 0.3) is 22.3 Å². The molecule has 0 atom stereocenters. The first kappa shape index (κ1) is 27.5. The highest BCUT2D eigenvalue weighted by molar-refractivity contribution is 6.07. The summed E-state index contributed by atoms with van der Waals surface area (Å²) >= 11 is 0. The largest absolute Gasteiger partial charge is 0.416 e. The Hall–Kier alpha value is -5.06. The van der Waals surface area contributed by atoms with Crippen LogP contribution in [0.15, 0.2) is 77.7 Å². The van der Waals surface area contributed by atoms with E-state index >= 15 is 0 Å². The molecule has 5 rings (SSSR count). The Kier molecular flexibility index (Phi) is 7.04. The zero-order chi connectivity index (χ0) is 29.5. The summed E-state index contributed by atoms with van der Waals surface area (Å²) in [7, 11) is 1.63. The number of benzene rings is 2. The number of para-hydroxylation sites is 1. The van der Waals surface area contributed by atoms with Gasteiger partial charge in [-0.15, -0.1) is 0 Å². The number of aromatic nitrogens is 3. The summed E-state index contributed by atoms with van der Waals surface area (Å²) < 4.78 is 55.3. The number of pyridine rings is 3. The Bertz CT molecular complexity index is 1880. The molecule has 0 saturated heterocycles. The van der Waals surface area contributed by atoms with Gasteiger partial charge in [0, 0.05) is 36.1 Å². The topological polar surface area (TPSA) is 88.9 Å². The van der Waals surface area contributed by atoms with E-state index in [4.69, 9.17) is 0 Å². The average molecular weight is 562 g/mol. The number of nitrogens with one attached hydrogen (secondary N) is 2. The number of amides is 1. The number of fused-ring (bicyclic) bond motifs is 1. The second kappa shape index (κ2) is 10.5. The Morgan fingerprint density at radius 2 is 1.63 bits per heavy atom. The molecule has 3 aromatic heterocycles. The minimum absolute atomic E-state index is 0.116. The smallest absolute Gasteiger partial charge is 0.338 e. The summed E-state index contributed by atoms with van der Waals surface area (Å²) in [5.74, 6) is -1.95. The molecular formula is C30H23F4N5O2. The van der Waals surface area contributed by atoms with Crippen LogP contribution in [0.1, 0.15) is 27.0 Å². The van der Waals surface area contributed by atoms with E-state index in [9.17, 15) is 27.2 Å². The fraction of sp³-hybridized carbons (Fsp3) is 0.133. The quantitative estimate of drug-likeness (QED) is 0.231. The number of halogens is 4. The van der Waals surface area contributed by atoms with Gasteiger partial charge in [0.1, 0.15) is 5.82 Å². The number of rotatable bonds is 5. The van der Waals surface area contributed by atoms with Gasteiger partial charge in [0.25, 0.3) is 11.5 Å². The van der Waals surface area contributed by atoms with Crippen LogP contribution in [-0.2, 0) is 13.2 Å². The number of hydrogen-bond acceptors (Lipinski definition) is 5. The number of alkyl halides is 3. The number of nitrogens with zero attached hydrogens (tertiary/aromatic N) is 3. The molecule has 0 aliphatic heterocycles. The predicted octanol–water partition coefficient (Wildman–Crippen LogP) is 6.77. The molecule has 7 nitrogen and oxygen atoms in total. The monoisotopic (exact) mass is 561 g/mol. The third kappa shape index (κ3) is 5.79. The normalized spacial score (nSPS) is 11.5. The van der Waals surface area contributed by atoms with Gasteiger partial charge >= 0.3 is 6.18 Å². The van der Waals surface area contributed by atoms with Gasteiger partial charge in [-0.1, -0.05) is 18.2 Å². The highest BCUT2D eigenvalue weighted by Gasteiger charge is 2.32. The molecule has 1 amide bonds. The molecule has 0 aliphatic rings. The van der Waals surface area contributed by atoms with E-state index in [1.807, 2.05) is 25.1 Å². The van der Waals surface area contributed by atoms with Crippen molar-refractivity contribution in [3.05, 3.63) is 111 Å². The zero-order valence-corrected chi connectivity index (χ0v) is 22.1. The summed E-state index contributed by atoms with van der Waals surface area (Å²) in [4.78, 5) is 34.4. The summed E-state index contributed by atoms with van der Waals surface area (Å²) in [5, 5.41) is 5.73. The van der Waals surface area contributed by atoms with Crippen molar-refractivity contribution in [2.75, 3.05) is 10.6 Å². The van der Waals surface area contributed by atoms with Crippen molar-refractivity contribution < 1.29 is 22.4 Å². The molecule has 2 N–H and O–H groups in total. The van der Waals surface area contributed by atoms with E-state index in [0.29, 0.717) is 45.7 Å². The summed E-state index contributed by atoms with van der Waals surface area (Å²) in [5.41, 5.74) is 2.53. The van der Waals surface area contributed by atoms with Gasteiger partial charge in [-0.25, -0.2) is 14.4 Å². The number of hydrogen-bond donors (Lipinski definition) is 2. The molecule has 3 heterocycles. The lowest BCUT2D eigenvalue weighted by Crippen LogP contribution is -2.16. The van der Waals surface area contributed by atoms with Crippen molar-refractivity contribution in [1.82, 2.24) is 14.5 Å². The predicted molar refractivity (Wildman–Crippen MR) is 149 cm³/mol. The van der Waals surface area contributed by atoms with Crippen LogP contribution in [-0.4, -0.2) is 20.4 Å². The van der Waals surface area contributed by atoms with E-state index < -0.39 is 29.0 Å². The van der Waals surface area contributed by atoms with E-state index in [1.165, 1.54) is 16.7 Å².